The lowest BCUT2D eigenvalue weighted by Crippen LogP contribution is -2.37. The highest BCUT2D eigenvalue weighted by Crippen LogP contribution is 2.27. The lowest BCUT2D eigenvalue weighted by atomic mass is 10.1. The van der Waals surface area contributed by atoms with Gasteiger partial charge in [0, 0.05) is 24.0 Å². The zero-order valence-corrected chi connectivity index (χ0v) is 13.0. The maximum Gasteiger partial charge on any atom is 0.123 e. The van der Waals surface area contributed by atoms with Gasteiger partial charge in [-0.05, 0) is 31.5 Å². The topological polar surface area (TPSA) is 45.6 Å². The zero-order chi connectivity index (χ0) is 14.7. The Kier molecular flexibility index (Phi) is 4.53. The molecule has 0 bridgehead atoms. The van der Waals surface area contributed by atoms with E-state index in [1.165, 1.54) is 0 Å². The summed E-state index contributed by atoms with van der Waals surface area (Å²) in [5.74, 6) is 0.850. The second-order valence-corrected chi connectivity index (χ2v) is 6.27. The summed E-state index contributed by atoms with van der Waals surface area (Å²) in [5, 5.41) is 12.8. The molecular weight excluding hydrogens is 284 g/mol. The molecule has 21 heavy (non-hydrogen) atoms. The number of piperidine rings is 1. The van der Waals surface area contributed by atoms with E-state index in [1.54, 1.807) is 18.4 Å². The van der Waals surface area contributed by atoms with Crippen LogP contribution in [0.3, 0.4) is 0 Å². The molecule has 1 saturated heterocycles. The van der Waals surface area contributed by atoms with Crippen molar-refractivity contribution in [3.8, 4) is 16.3 Å². The Morgan fingerprint density at radius 3 is 3.19 bits per heavy atom. The lowest BCUT2D eigenvalue weighted by molar-refractivity contribution is 0.0663. The Labute approximate surface area is 129 Å². The van der Waals surface area contributed by atoms with Gasteiger partial charge in [-0.15, -0.1) is 11.3 Å². The van der Waals surface area contributed by atoms with Crippen molar-refractivity contribution >= 4 is 11.3 Å². The van der Waals surface area contributed by atoms with E-state index in [0.29, 0.717) is 0 Å². The lowest BCUT2D eigenvalue weighted by Gasteiger charge is -2.29. The summed E-state index contributed by atoms with van der Waals surface area (Å²) >= 11 is 1.66. The standard InChI is InChI=1S/C16H20N2O2S/c1-20-15-6-2-4-12(8-15)16-17-13(11-21-16)9-18-7-3-5-14(19)10-18/h2,4,6,8,11,14,19H,3,5,7,9-10H2,1H3. The number of rotatable bonds is 4. The van der Waals surface area contributed by atoms with Crippen molar-refractivity contribution in [1.82, 2.24) is 9.88 Å². The Hall–Kier alpha value is -1.43. The molecule has 0 radical (unpaired) electrons. The number of β-amino-alcohol motifs (C(OH)–C–C–N with tert-alkyl or cyclic N) is 1. The first kappa shape index (κ1) is 14.5. The van der Waals surface area contributed by atoms with Crippen LogP contribution in [0.2, 0.25) is 0 Å². The molecule has 1 aliphatic rings. The van der Waals surface area contributed by atoms with Crippen LogP contribution in [0, 0.1) is 0 Å². The van der Waals surface area contributed by atoms with Crippen molar-refractivity contribution in [1.29, 1.82) is 0 Å². The molecule has 0 amide bonds. The summed E-state index contributed by atoms with van der Waals surface area (Å²) in [7, 11) is 1.67. The molecule has 0 spiro atoms. The molecule has 0 saturated carbocycles. The van der Waals surface area contributed by atoms with Gasteiger partial charge in [0.1, 0.15) is 10.8 Å². The van der Waals surface area contributed by atoms with Gasteiger partial charge in [0.25, 0.3) is 0 Å². The predicted molar refractivity (Wildman–Crippen MR) is 84.6 cm³/mol. The zero-order valence-electron chi connectivity index (χ0n) is 12.2. The minimum absolute atomic E-state index is 0.185. The molecule has 5 heteroatoms. The van der Waals surface area contributed by atoms with E-state index in [9.17, 15) is 5.11 Å². The van der Waals surface area contributed by atoms with Crippen LogP contribution >= 0.6 is 11.3 Å². The molecule has 1 N–H and O–H groups in total. The minimum Gasteiger partial charge on any atom is -0.497 e. The summed E-state index contributed by atoms with van der Waals surface area (Å²) in [6.45, 7) is 2.62. The van der Waals surface area contributed by atoms with Crippen molar-refractivity contribution in [3.05, 3.63) is 35.3 Å². The molecule has 1 fully saturated rings. The summed E-state index contributed by atoms with van der Waals surface area (Å²) in [4.78, 5) is 6.99. The maximum absolute atomic E-state index is 9.73. The molecule has 1 atom stereocenters. The molecule has 1 aromatic carbocycles. The number of hydrogen-bond donors (Lipinski definition) is 1. The van der Waals surface area contributed by atoms with Crippen LogP contribution in [-0.4, -0.2) is 41.3 Å². The van der Waals surface area contributed by atoms with Gasteiger partial charge in [0.2, 0.25) is 0 Å². The van der Waals surface area contributed by atoms with E-state index in [0.717, 1.165) is 54.5 Å². The second-order valence-electron chi connectivity index (χ2n) is 5.41. The quantitative estimate of drug-likeness (QED) is 0.943. The second kappa shape index (κ2) is 6.56. The first-order valence-corrected chi connectivity index (χ1v) is 8.12. The molecule has 3 rings (SSSR count). The Morgan fingerprint density at radius 2 is 2.38 bits per heavy atom. The van der Waals surface area contributed by atoms with Crippen LogP contribution < -0.4 is 4.74 Å². The number of methoxy groups -OCH3 is 1. The van der Waals surface area contributed by atoms with Crippen LogP contribution in [-0.2, 0) is 6.54 Å². The number of ether oxygens (including phenoxy) is 1. The van der Waals surface area contributed by atoms with Crippen molar-refractivity contribution in [2.45, 2.75) is 25.5 Å². The van der Waals surface area contributed by atoms with Crippen molar-refractivity contribution < 1.29 is 9.84 Å². The third kappa shape index (κ3) is 3.61. The molecule has 1 unspecified atom stereocenters. The molecule has 2 aromatic rings. The van der Waals surface area contributed by atoms with Gasteiger partial charge in [-0.25, -0.2) is 4.98 Å². The van der Waals surface area contributed by atoms with Crippen molar-refractivity contribution in [2.24, 2.45) is 0 Å². The van der Waals surface area contributed by atoms with Crippen molar-refractivity contribution in [2.75, 3.05) is 20.2 Å². The largest absolute Gasteiger partial charge is 0.497 e. The number of aliphatic hydroxyl groups is 1. The number of benzene rings is 1. The maximum atomic E-state index is 9.73. The molecule has 1 aliphatic heterocycles. The number of thiazole rings is 1. The fourth-order valence-corrected chi connectivity index (χ4v) is 3.48. The molecule has 0 aliphatic carbocycles. The predicted octanol–water partition coefficient (Wildman–Crippen LogP) is 2.78. The smallest absolute Gasteiger partial charge is 0.123 e. The Bertz CT molecular complexity index is 599. The van der Waals surface area contributed by atoms with Gasteiger partial charge in [0.05, 0.1) is 18.9 Å². The number of aromatic nitrogens is 1. The molecule has 112 valence electrons. The highest BCUT2D eigenvalue weighted by molar-refractivity contribution is 7.13. The fraction of sp³-hybridized carbons (Fsp3) is 0.438. The van der Waals surface area contributed by atoms with Crippen LogP contribution in [0.1, 0.15) is 18.5 Å². The molecule has 1 aromatic heterocycles. The minimum atomic E-state index is -0.185. The highest BCUT2D eigenvalue weighted by atomic mass is 32.1. The monoisotopic (exact) mass is 304 g/mol. The Morgan fingerprint density at radius 1 is 1.48 bits per heavy atom. The van der Waals surface area contributed by atoms with E-state index in [1.807, 2.05) is 18.2 Å². The summed E-state index contributed by atoms with van der Waals surface area (Å²) in [6.07, 6.45) is 1.80. The van der Waals surface area contributed by atoms with Crippen LogP contribution in [0.4, 0.5) is 0 Å². The summed E-state index contributed by atoms with van der Waals surface area (Å²) in [6, 6.07) is 7.98. The first-order valence-electron chi connectivity index (χ1n) is 7.24. The van der Waals surface area contributed by atoms with Gasteiger partial charge in [-0.3, -0.25) is 4.90 Å². The van der Waals surface area contributed by atoms with Gasteiger partial charge >= 0.3 is 0 Å². The van der Waals surface area contributed by atoms with Gasteiger partial charge in [-0.1, -0.05) is 12.1 Å². The fourth-order valence-electron chi connectivity index (χ4n) is 2.67. The molecule has 2 heterocycles. The normalized spacial score (nSPS) is 19.6. The number of likely N-dealkylation sites (tertiary alicyclic amines) is 1. The van der Waals surface area contributed by atoms with E-state index in [2.05, 4.69) is 16.3 Å². The van der Waals surface area contributed by atoms with Crippen LogP contribution in [0.15, 0.2) is 29.6 Å². The Balaban J connectivity index is 1.70. The van der Waals surface area contributed by atoms with Gasteiger partial charge < -0.3 is 9.84 Å². The summed E-state index contributed by atoms with van der Waals surface area (Å²) in [5.41, 5.74) is 2.16. The van der Waals surface area contributed by atoms with Gasteiger partial charge in [0.15, 0.2) is 0 Å². The number of nitrogens with zero attached hydrogens (tertiary/aromatic N) is 2. The SMILES string of the molecule is COc1cccc(-c2nc(CN3CCCC(O)C3)cs2)c1. The highest BCUT2D eigenvalue weighted by Gasteiger charge is 2.18. The molecular formula is C16H20N2O2S. The third-order valence-electron chi connectivity index (χ3n) is 3.73. The first-order chi connectivity index (χ1) is 10.2. The van der Waals surface area contributed by atoms with Crippen molar-refractivity contribution in [3.63, 3.8) is 0 Å². The third-order valence-corrected chi connectivity index (χ3v) is 4.67. The van der Waals surface area contributed by atoms with Crippen LogP contribution in [0.5, 0.6) is 5.75 Å². The van der Waals surface area contributed by atoms with Gasteiger partial charge in [-0.2, -0.15) is 0 Å². The van der Waals surface area contributed by atoms with E-state index in [-0.39, 0.29) is 6.10 Å². The van der Waals surface area contributed by atoms with E-state index < -0.39 is 0 Å². The summed E-state index contributed by atoms with van der Waals surface area (Å²) < 4.78 is 5.26. The number of aliphatic hydroxyl groups excluding tert-OH is 1. The van der Waals surface area contributed by atoms with Crippen LogP contribution in [0.25, 0.3) is 10.6 Å². The van der Waals surface area contributed by atoms with E-state index in [4.69, 9.17) is 9.72 Å². The van der Waals surface area contributed by atoms with E-state index >= 15 is 0 Å². The number of hydrogen-bond acceptors (Lipinski definition) is 5. The average Bonchev–Trinajstić information content (AvgIpc) is 2.96. The average molecular weight is 304 g/mol. The molecule has 4 nitrogen and oxygen atoms in total.